The lowest BCUT2D eigenvalue weighted by molar-refractivity contribution is -0.145. The minimum absolute atomic E-state index is 0.0475. The Labute approximate surface area is 77.0 Å². The summed E-state index contributed by atoms with van der Waals surface area (Å²) in [4.78, 5) is 11.0. The summed E-state index contributed by atoms with van der Waals surface area (Å²) in [5, 5.41) is 16.9. The van der Waals surface area contributed by atoms with Crippen molar-refractivity contribution in [2.45, 2.75) is 13.3 Å². The first-order chi connectivity index (χ1) is 6.15. The first-order valence-electron chi connectivity index (χ1n) is 3.79. The number of hydrogen-bond acceptors (Lipinski definition) is 4. The molecule has 4 heteroatoms. The highest BCUT2D eigenvalue weighted by atomic mass is 16.5. The van der Waals surface area contributed by atoms with Gasteiger partial charge in [-0.2, -0.15) is 10.5 Å². The smallest absolute Gasteiger partial charge is 0.323 e. The van der Waals surface area contributed by atoms with Crippen LogP contribution in [0, 0.1) is 28.6 Å². The molecule has 0 aromatic carbocycles. The number of nitrogens with zero attached hydrogens (tertiary/aromatic N) is 2. The summed E-state index contributed by atoms with van der Waals surface area (Å²) in [5.74, 6) is -1.51. The van der Waals surface area contributed by atoms with Crippen LogP contribution in [-0.4, -0.2) is 12.6 Å². The van der Waals surface area contributed by atoms with E-state index in [0.717, 1.165) is 0 Å². The molecule has 0 aromatic heterocycles. The molecule has 1 unspecified atom stereocenters. The van der Waals surface area contributed by atoms with Crippen LogP contribution in [-0.2, 0) is 9.53 Å². The van der Waals surface area contributed by atoms with Gasteiger partial charge in [-0.25, -0.2) is 0 Å². The maximum absolute atomic E-state index is 11.0. The minimum Gasteiger partial charge on any atom is -0.465 e. The summed E-state index contributed by atoms with van der Waals surface area (Å²) >= 11 is 0. The van der Waals surface area contributed by atoms with Crippen LogP contribution in [0.4, 0.5) is 0 Å². The molecule has 0 aromatic rings. The Kier molecular flexibility index (Phi) is 4.99. The van der Waals surface area contributed by atoms with Crippen LogP contribution in [0.5, 0.6) is 0 Å². The van der Waals surface area contributed by atoms with Gasteiger partial charge >= 0.3 is 5.97 Å². The molecule has 0 aliphatic rings. The fourth-order valence-electron chi connectivity index (χ4n) is 0.717. The van der Waals surface area contributed by atoms with E-state index in [2.05, 4.69) is 11.3 Å². The predicted molar refractivity (Wildman–Crippen MR) is 45.1 cm³/mol. The van der Waals surface area contributed by atoms with Crippen LogP contribution in [0.15, 0.2) is 12.2 Å². The van der Waals surface area contributed by atoms with Crippen molar-refractivity contribution >= 4 is 5.97 Å². The molecule has 0 saturated carbocycles. The van der Waals surface area contributed by atoms with Crippen molar-refractivity contribution in [3.05, 3.63) is 12.2 Å². The highest BCUT2D eigenvalue weighted by Crippen LogP contribution is 2.10. The Balaban J connectivity index is 4.22. The average Bonchev–Trinajstić information content (AvgIpc) is 2.14. The minimum atomic E-state index is -0.910. The maximum atomic E-state index is 11.0. The van der Waals surface area contributed by atoms with Gasteiger partial charge in [-0.3, -0.25) is 4.79 Å². The predicted octanol–water partition coefficient (Wildman–Crippen LogP) is 1.16. The van der Waals surface area contributed by atoms with Crippen molar-refractivity contribution in [3.63, 3.8) is 0 Å². The van der Waals surface area contributed by atoms with E-state index in [1.807, 2.05) is 0 Å². The highest BCUT2D eigenvalue weighted by molar-refractivity contribution is 5.75. The molecule has 0 rings (SSSR count). The number of allylic oxidation sites excluding steroid dienone is 1. The molecule has 4 nitrogen and oxygen atoms in total. The number of ether oxygens (including phenoxy) is 1. The lowest BCUT2D eigenvalue weighted by atomic mass is 10.0. The van der Waals surface area contributed by atoms with E-state index in [-0.39, 0.29) is 18.6 Å². The summed E-state index contributed by atoms with van der Waals surface area (Å²) in [6.45, 7) is 5.27. The molecule has 1 atom stereocenters. The third-order valence-electron chi connectivity index (χ3n) is 1.34. The highest BCUT2D eigenvalue weighted by Gasteiger charge is 2.19. The van der Waals surface area contributed by atoms with Gasteiger partial charge in [0.05, 0.1) is 18.7 Å². The van der Waals surface area contributed by atoms with Crippen LogP contribution >= 0.6 is 0 Å². The molecule has 0 heterocycles. The van der Waals surface area contributed by atoms with Crippen LogP contribution in [0.25, 0.3) is 0 Å². The van der Waals surface area contributed by atoms with Gasteiger partial charge in [0, 0.05) is 12.0 Å². The topological polar surface area (TPSA) is 73.9 Å². The second-order valence-electron chi connectivity index (χ2n) is 2.35. The molecule has 68 valence electrons. The Bertz CT molecular complexity index is 283. The van der Waals surface area contributed by atoms with Gasteiger partial charge in [-0.05, 0) is 6.92 Å². The summed E-state index contributed by atoms with van der Waals surface area (Å²) in [7, 11) is 0. The Morgan fingerprint density at radius 1 is 1.62 bits per heavy atom. The maximum Gasteiger partial charge on any atom is 0.323 e. The van der Waals surface area contributed by atoms with Gasteiger partial charge in [0.15, 0.2) is 0 Å². The van der Waals surface area contributed by atoms with Crippen LogP contribution < -0.4 is 0 Å². The van der Waals surface area contributed by atoms with E-state index in [9.17, 15) is 4.79 Å². The summed E-state index contributed by atoms with van der Waals surface area (Å²) < 4.78 is 4.63. The SMILES string of the molecule is C=C(C#N)CC(C#N)C(=O)OCC. The zero-order valence-electron chi connectivity index (χ0n) is 7.41. The zero-order chi connectivity index (χ0) is 10.3. The lowest BCUT2D eigenvalue weighted by Crippen LogP contribution is -2.16. The Morgan fingerprint density at radius 3 is 2.62 bits per heavy atom. The van der Waals surface area contributed by atoms with Crippen LogP contribution in [0.1, 0.15) is 13.3 Å². The third-order valence-corrected chi connectivity index (χ3v) is 1.34. The number of nitriles is 2. The second kappa shape index (κ2) is 5.79. The molecule has 0 amide bonds. The van der Waals surface area contributed by atoms with Crippen LogP contribution in [0.2, 0.25) is 0 Å². The number of hydrogen-bond donors (Lipinski definition) is 0. The molecule has 0 aliphatic carbocycles. The van der Waals surface area contributed by atoms with Gasteiger partial charge in [-0.1, -0.05) is 6.58 Å². The molecule has 0 saturated heterocycles. The van der Waals surface area contributed by atoms with Gasteiger partial charge in [0.2, 0.25) is 0 Å². The number of esters is 1. The average molecular weight is 178 g/mol. The third kappa shape index (κ3) is 3.93. The molecular formula is C9H10N2O2. The number of rotatable bonds is 4. The van der Waals surface area contributed by atoms with E-state index < -0.39 is 11.9 Å². The molecule has 0 radical (unpaired) electrons. The quantitative estimate of drug-likeness (QED) is 0.478. The molecule has 0 bridgehead atoms. The van der Waals surface area contributed by atoms with Crippen molar-refractivity contribution in [2.75, 3.05) is 6.61 Å². The molecule has 13 heavy (non-hydrogen) atoms. The molecule has 0 fully saturated rings. The standard InChI is InChI=1S/C9H10N2O2/c1-3-13-9(12)8(6-11)4-7(2)5-10/h8H,2-4H2,1H3. The van der Waals surface area contributed by atoms with Crippen molar-refractivity contribution in [2.24, 2.45) is 5.92 Å². The van der Waals surface area contributed by atoms with E-state index in [1.165, 1.54) is 0 Å². The normalized spacial score (nSPS) is 10.7. The summed E-state index contributed by atoms with van der Waals surface area (Å²) in [5.41, 5.74) is 0.208. The second-order valence-corrected chi connectivity index (χ2v) is 2.35. The zero-order valence-corrected chi connectivity index (χ0v) is 7.41. The Morgan fingerprint density at radius 2 is 2.23 bits per heavy atom. The monoisotopic (exact) mass is 178 g/mol. The fourth-order valence-corrected chi connectivity index (χ4v) is 0.717. The van der Waals surface area contributed by atoms with Gasteiger partial charge in [-0.15, -0.1) is 0 Å². The first kappa shape index (κ1) is 11.2. The van der Waals surface area contributed by atoms with Crippen molar-refractivity contribution in [1.82, 2.24) is 0 Å². The van der Waals surface area contributed by atoms with E-state index in [4.69, 9.17) is 10.5 Å². The molecule has 0 aliphatic heterocycles. The lowest BCUT2D eigenvalue weighted by Gasteiger charge is -2.05. The van der Waals surface area contributed by atoms with E-state index in [1.54, 1.807) is 19.1 Å². The van der Waals surface area contributed by atoms with Crippen molar-refractivity contribution in [3.8, 4) is 12.1 Å². The summed E-state index contributed by atoms with van der Waals surface area (Å²) in [6.07, 6.45) is 0.0475. The number of carbonyl (C=O) groups is 1. The largest absolute Gasteiger partial charge is 0.465 e. The first-order valence-corrected chi connectivity index (χ1v) is 3.79. The van der Waals surface area contributed by atoms with Crippen LogP contribution in [0.3, 0.4) is 0 Å². The number of carbonyl (C=O) groups excluding carboxylic acids is 1. The van der Waals surface area contributed by atoms with Crippen molar-refractivity contribution < 1.29 is 9.53 Å². The van der Waals surface area contributed by atoms with Crippen molar-refractivity contribution in [1.29, 1.82) is 10.5 Å². The summed E-state index contributed by atoms with van der Waals surface area (Å²) in [6, 6.07) is 3.54. The Hall–Kier alpha value is -1.81. The van der Waals surface area contributed by atoms with E-state index in [0.29, 0.717) is 0 Å². The molecule has 0 spiro atoms. The molecular weight excluding hydrogens is 168 g/mol. The fraction of sp³-hybridized carbons (Fsp3) is 0.444. The molecule has 0 N–H and O–H groups in total. The van der Waals surface area contributed by atoms with Gasteiger partial charge in [0.1, 0.15) is 5.92 Å². The van der Waals surface area contributed by atoms with Gasteiger partial charge in [0.25, 0.3) is 0 Å². The van der Waals surface area contributed by atoms with Gasteiger partial charge < -0.3 is 4.74 Å². The van der Waals surface area contributed by atoms with E-state index >= 15 is 0 Å².